The van der Waals surface area contributed by atoms with Crippen LogP contribution >= 0.6 is 0 Å². The molecule has 3 N–H and O–H groups in total. The van der Waals surface area contributed by atoms with Crippen molar-refractivity contribution in [3.63, 3.8) is 0 Å². The zero-order valence-electron chi connectivity index (χ0n) is 27.5. The van der Waals surface area contributed by atoms with Crippen molar-refractivity contribution in [2.75, 3.05) is 6.61 Å². The average Bonchev–Trinajstić information content (AvgIpc) is 3.01. The van der Waals surface area contributed by atoms with Crippen molar-refractivity contribution in [1.82, 2.24) is 16.0 Å². The smallest absolute Gasteiger partial charge is 0.407 e. The molecule has 0 aromatic heterocycles. The number of ether oxygens (including phenoxy) is 2. The largest absolute Gasteiger partial charge is 0.444 e. The number of benzene rings is 3. The standard InChI is InChI=1S/C37H47N3O6/c1-26(2)22-32(40-34(42)30-19-16-28(17-20-30)23-38-36(44)46-37(3,4)5)35(43)39-31(21-18-27-12-8-6-9-13-27)33(41)25-45-24-29-14-10-7-11-15-29/h6-17,19-20,26,31-32H,18,21-25H2,1-5H3,(H,38,44)(H,39,43)(H,40,42)/t31-,32-/m0/s1. The number of amides is 3. The van der Waals surface area contributed by atoms with Gasteiger partial charge in [0.25, 0.3) is 5.91 Å². The molecule has 0 saturated carbocycles. The van der Waals surface area contributed by atoms with Gasteiger partial charge in [-0.3, -0.25) is 14.4 Å². The van der Waals surface area contributed by atoms with Crippen LogP contribution in [0, 0.1) is 5.92 Å². The number of rotatable bonds is 16. The highest BCUT2D eigenvalue weighted by atomic mass is 16.6. The molecule has 0 unspecified atom stereocenters. The van der Waals surface area contributed by atoms with Gasteiger partial charge in [-0.1, -0.05) is 86.6 Å². The summed E-state index contributed by atoms with van der Waals surface area (Å²) in [6.45, 7) is 9.68. The van der Waals surface area contributed by atoms with E-state index < -0.39 is 35.6 Å². The van der Waals surface area contributed by atoms with E-state index in [0.717, 1.165) is 16.7 Å². The second kappa shape index (κ2) is 17.8. The Bertz CT molecular complexity index is 1400. The van der Waals surface area contributed by atoms with E-state index in [1.807, 2.05) is 74.5 Å². The molecule has 246 valence electrons. The van der Waals surface area contributed by atoms with Crippen molar-refractivity contribution in [2.45, 2.75) is 84.7 Å². The summed E-state index contributed by atoms with van der Waals surface area (Å²) in [4.78, 5) is 52.1. The normalized spacial score (nSPS) is 12.6. The van der Waals surface area contributed by atoms with E-state index in [2.05, 4.69) is 16.0 Å². The zero-order chi connectivity index (χ0) is 33.5. The van der Waals surface area contributed by atoms with Crippen LogP contribution in [0.5, 0.6) is 0 Å². The Balaban J connectivity index is 1.64. The lowest BCUT2D eigenvalue weighted by Gasteiger charge is -2.24. The average molecular weight is 630 g/mol. The van der Waals surface area contributed by atoms with E-state index >= 15 is 0 Å². The Labute approximate surface area is 272 Å². The first kappa shape index (κ1) is 36.0. The van der Waals surface area contributed by atoms with Gasteiger partial charge in [0.15, 0.2) is 5.78 Å². The second-order valence-electron chi connectivity index (χ2n) is 12.7. The van der Waals surface area contributed by atoms with Gasteiger partial charge in [0.2, 0.25) is 5.91 Å². The van der Waals surface area contributed by atoms with Gasteiger partial charge < -0.3 is 25.4 Å². The Hall–Kier alpha value is -4.50. The Morgan fingerprint density at radius 3 is 1.93 bits per heavy atom. The Kier molecular flexibility index (Phi) is 14.0. The van der Waals surface area contributed by atoms with Crippen LogP contribution in [0.25, 0.3) is 0 Å². The molecule has 0 bridgehead atoms. The fraction of sp³-hybridized carbons (Fsp3) is 0.405. The maximum absolute atomic E-state index is 13.6. The SMILES string of the molecule is CC(C)C[C@H](NC(=O)c1ccc(CNC(=O)OC(C)(C)C)cc1)C(=O)N[C@@H](CCc1ccccc1)C(=O)COCc1ccccc1. The number of carbonyl (C=O) groups excluding carboxylic acids is 4. The molecule has 9 nitrogen and oxygen atoms in total. The van der Waals surface area contributed by atoms with E-state index in [4.69, 9.17) is 9.47 Å². The molecule has 0 spiro atoms. The van der Waals surface area contributed by atoms with Crippen molar-refractivity contribution in [2.24, 2.45) is 5.92 Å². The fourth-order valence-corrected chi connectivity index (χ4v) is 4.69. The summed E-state index contributed by atoms with van der Waals surface area (Å²) in [5, 5.41) is 8.47. The van der Waals surface area contributed by atoms with E-state index in [9.17, 15) is 19.2 Å². The van der Waals surface area contributed by atoms with Crippen LogP contribution in [0.15, 0.2) is 84.9 Å². The third kappa shape index (κ3) is 13.2. The molecular weight excluding hydrogens is 582 g/mol. The molecule has 2 atom stereocenters. The molecule has 0 heterocycles. The van der Waals surface area contributed by atoms with Crippen LogP contribution in [-0.4, -0.2) is 48.0 Å². The number of alkyl carbamates (subject to hydrolysis) is 1. The van der Waals surface area contributed by atoms with Crippen LogP contribution in [0.3, 0.4) is 0 Å². The molecule has 0 fully saturated rings. The van der Waals surface area contributed by atoms with Crippen molar-refractivity contribution in [3.05, 3.63) is 107 Å². The molecule has 3 amide bonds. The quantitative estimate of drug-likeness (QED) is 0.185. The Morgan fingerprint density at radius 1 is 0.739 bits per heavy atom. The molecule has 0 radical (unpaired) electrons. The summed E-state index contributed by atoms with van der Waals surface area (Å²) in [5.74, 6) is -0.962. The zero-order valence-corrected chi connectivity index (χ0v) is 27.5. The first-order chi connectivity index (χ1) is 21.9. The third-order valence-corrected chi connectivity index (χ3v) is 7.01. The van der Waals surface area contributed by atoms with Crippen LogP contribution in [0.1, 0.15) is 74.5 Å². The lowest BCUT2D eigenvalue weighted by Crippen LogP contribution is -2.52. The molecule has 0 aliphatic rings. The van der Waals surface area contributed by atoms with Crippen LogP contribution < -0.4 is 16.0 Å². The van der Waals surface area contributed by atoms with Crippen molar-refractivity contribution >= 4 is 23.7 Å². The van der Waals surface area contributed by atoms with Gasteiger partial charge in [0.05, 0.1) is 12.6 Å². The predicted molar refractivity (Wildman–Crippen MR) is 178 cm³/mol. The summed E-state index contributed by atoms with van der Waals surface area (Å²) in [7, 11) is 0. The summed E-state index contributed by atoms with van der Waals surface area (Å²) < 4.78 is 11.0. The topological polar surface area (TPSA) is 123 Å². The minimum Gasteiger partial charge on any atom is -0.444 e. The minimum absolute atomic E-state index is 0.102. The first-order valence-electron chi connectivity index (χ1n) is 15.7. The van der Waals surface area contributed by atoms with Gasteiger partial charge in [-0.05, 0) is 74.8 Å². The van der Waals surface area contributed by atoms with E-state index in [1.54, 1.807) is 45.0 Å². The van der Waals surface area contributed by atoms with Gasteiger partial charge >= 0.3 is 6.09 Å². The molecule has 9 heteroatoms. The highest BCUT2D eigenvalue weighted by molar-refractivity contribution is 5.98. The summed E-state index contributed by atoms with van der Waals surface area (Å²) >= 11 is 0. The van der Waals surface area contributed by atoms with Gasteiger partial charge in [-0.2, -0.15) is 0 Å². The number of hydrogen-bond acceptors (Lipinski definition) is 6. The summed E-state index contributed by atoms with van der Waals surface area (Å²) in [6, 6.07) is 24.5. The number of carbonyl (C=O) groups is 4. The molecule has 3 rings (SSSR count). The molecule has 0 saturated heterocycles. The lowest BCUT2D eigenvalue weighted by molar-refractivity contribution is -0.131. The second-order valence-corrected chi connectivity index (χ2v) is 12.7. The van der Waals surface area contributed by atoms with Crippen molar-refractivity contribution in [1.29, 1.82) is 0 Å². The number of aryl methyl sites for hydroxylation is 1. The van der Waals surface area contributed by atoms with Crippen LogP contribution in [0.2, 0.25) is 0 Å². The van der Waals surface area contributed by atoms with Crippen LogP contribution in [-0.2, 0) is 38.6 Å². The molecule has 0 aliphatic heterocycles. The highest BCUT2D eigenvalue weighted by Gasteiger charge is 2.28. The third-order valence-electron chi connectivity index (χ3n) is 7.01. The van der Waals surface area contributed by atoms with Crippen molar-refractivity contribution in [3.8, 4) is 0 Å². The summed E-state index contributed by atoms with van der Waals surface area (Å²) in [6.07, 6.45) is 0.844. The van der Waals surface area contributed by atoms with E-state index in [1.165, 1.54) is 0 Å². The van der Waals surface area contributed by atoms with E-state index in [-0.39, 0.29) is 31.5 Å². The van der Waals surface area contributed by atoms with Gasteiger partial charge in [0, 0.05) is 12.1 Å². The highest BCUT2D eigenvalue weighted by Crippen LogP contribution is 2.12. The summed E-state index contributed by atoms with van der Waals surface area (Å²) in [5.41, 5.74) is 2.56. The monoisotopic (exact) mass is 629 g/mol. The van der Waals surface area contributed by atoms with Gasteiger partial charge in [0.1, 0.15) is 18.2 Å². The Morgan fingerprint density at radius 2 is 1.35 bits per heavy atom. The lowest BCUT2D eigenvalue weighted by atomic mass is 9.99. The van der Waals surface area contributed by atoms with E-state index in [0.29, 0.717) is 24.8 Å². The molecular formula is C37H47N3O6. The molecule has 3 aromatic rings. The maximum atomic E-state index is 13.6. The number of nitrogens with one attached hydrogen (secondary N) is 3. The fourth-order valence-electron chi connectivity index (χ4n) is 4.69. The number of Topliss-reactive ketones (excluding diaryl/α,β-unsaturated/α-hetero) is 1. The minimum atomic E-state index is -0.849. The first-order valence-corrected chi connectivity index (χ1v) is 15.7. The maximum Gasteiger partial charge on any atom is 0.407 e. The van der Waals surface area contributed by atoms with Gasteiger partial charge in [-0.25, -0.2) is 4.79 Å². The van der Waals surface area contributed by atoms with Crippen molar-refractivity contribution < 1.29 is 28.7 Å². The van der Waals surface area contributed by atoms with Crippen LogP contribution in [0.4, 0.5) is 4.79 Å². The molecule has 3 aromatic carbocycles. The molecule has 0 aliphatic carbocycles. The predicted octanol–water partition coefficient (Wildman–Crippen LogP) is 5.76. The van der Waals surface area contributed by atoms with Gasteiger partial charge in [-0.15, -0.1) is 0 Å². The number of hydrogen-bond donors (Lipinski definition) is 3. The number of ketones is 1. The molecule has 46 heavy (non-hydrogen) atoms.